The number of aromatic nitrogens is 2. The zero-order valence-corrected chi connectivity index (χ0v) is 16.8. The van der Waals surface area contributed by atoms with Crippen LogP contribution in [-0.2, 0) is 11.0 Å². The van der Waals surface area contributed by atoms with Gasteiger partial charge in [-0.25, -0.2) is 0 Å². The Labute approximate surface area is 177 Å². The van der Waals surface area contributed by atoms with E-state index < -0.39 is 23.8 Å². The molecule has 1 aromatic heterocycles. The fraction of sp³-hybridized carbons (Fsp3) is 0.227. The van der Waals surface area contributed by atoms with Crippen molar-refractivity contribution in [2.75, 3.05) is 11.9 Å². The van der Waals surface area contributed by atoms with Crippen molar-refractivity contribution in [1.29, 1.82) is 0 Å². The molecule has 1 unspecified atom stereocenters. The van der Waals surface area contributed by atoms with E-state index in [2.05, 4.69) is 15.5 Å². The Kier molecular flexibility index (Phi) is 6.74. The van der Waals surface area contributed by atoms with E-state index in [-0.39, 0.29) is 5.75 Å². The summed E-state index contributed by atoms with van der Waals surface area (Å²) in [4.78, 5) is 12.4. The lowest BCUT2D eigenvalue weighted by Gasteiger charge is -2.16. The highest BCUT2D eigenvalue weighted by Gasteiger charge is 2.30. The van der Waals surface area contributed by atoms with E-state index in [4.69, 9.17) is 9.47 Å². The average molecular weight is 431 g/mol. The fourth-order valence-corrected chi connectivity index (χ4v) is 2.67. The molecular weight excluding hydrogens is 411 g/mol. The van der Waals surface area contributed by atoms with E-state index in [0.717, 1.165) is 17.7 Å². The highest BCUT2D eigenvalue weighted by molar-refractivity contribution is 5.94. The SMILES string of the molecule is CCOc1ccc(-c2ccc(NC(=O)C(C)Oc3cccc(C(F)(F)F)c3)cc2)nn1. The Morgan fingerprint density at radius 3 is 2.42 bits per heavy atom. The first-order valence-corrected chi connectivity index (χ1v) is 9.48. The van der Waals surface area contributed by atoms with Gasteiger partial charge in [-0.1, -0.05) is 18.2 Å². The molecule has 3 aromatic rings. The minimum absolute atomic E-state index is 0.0399. The molecule has 1 heterocycles. The van der Waals surface area contributed by atoms with Gasteiger partial charge >= 0.3 is 6.18 Å². The molecule has 0 aliphatic heterocycles. The van der Waals surface area contributed by atoms with Gasteiger partial charge in [0.15, 0.2) is 6.10 Å². The molecule has 0 fully saturated rings. The molecule has 0 aliphatic carbocycles. The topological polar surface area (TPSA) is 73.3 Å². The monoisotopic (exact) mass is 431 g/mol. The molecule has 2 aromatic carbocycles. The number of rotatable bonds is 7. The van der Waals surface area contributed by atoms with Crippen molar-refractivity contribution in [3.63, 3.8) is 0 Å². The molecule has 0 radical (unpaired) electrons. The molecule has 9 heteroatoms. The normalized spacial score (nSPS) is 12.2. The van der Waals surface area contributed by atoms with Crippen LogP contribution in [0.25, 0.3) is 11.3 Å². The van der Waals surface area contributed by atoms with Gasteiger partial charge in [-0.3, -0.25) is 4.79 Å². The van der Waals surface area contributed by atoms with Crippen LogP contribution in [0.2, 0.25) is 0 Å². The number of halogens is 3. The van der Waals surface area contributed by atoms with Crippen LogP contribution < -0.4 is 14.8 Å². The lowest BCUT2D eigenvalue weighted by molar-refractivity contribution is -0.137. The maximum atomic E-state index is 12.8. The summed E-state index contributed by atoms with van der Waals surface area (Å²) in [6.45, 7) is 3.81. The summed E-state index contributed by atoms with van der Waals surface area (Å²) in [5.41, 5.74) is 1.10. The Morgan fingerprint density at radius 1 is 1.06 bits per heavy atom. The summed E-state index contributed by atoms with van der Waals surface area (Å²) in [6, 6.07) is 14.8. The quantitative estimate of drug-likeness (QED) is 0.572. The summed E-state index contributed by atoms with van der Waals surface area (Å²) in [7, 11) is 0. The molecule has 31 heavy (non-hydrogen) atoms. The summed E-state index contributed by atoms with van der Waals surface area (Å²) in [6.07, 6.45) is -5.49. The maximum absolute atomic E-state index is 12.8. The van der Waals surface area contributed by atoms with E-state index in [1.807, 2.05) is 6.92 Å². The Bertz CT molecular complexity index is 1020. The van der Waals surface area contributed by atoms with Crippen LogP contribution in [0.5, 0.6) is 11.6 Å². The van der Waals surface area contributed by atoms with Gasteiger partial charge in [0, 0.05) is 17.3 Å². The number of alkyl halides is 3. The van der Waals surface area contributed by atoms with E-state index in [1.54, 1.807) is 36.4 Å². The maximum Gasteiger partial charge on any atom is 0.416 e. The lowest BCUT2D eigenvalue weighted by Crippen LogP contribution is -2.30. The van der Waals surface area contributed by atoms with Crippen LogP contribution in [-0.4, -0.2) is 28.8 Å². The molecule has 0 spiro atoms. The second kappa shape index (κ2) is 9.46. The van der Waals surface area contributed by atoms with Crippen LogP contribution in [0.15, 0.2) is 60.7 Å². The first-order valence-electron chi connectivity index (χ1n) is 9.48. The van der Waals surface area contributed by atoms with Gasteiger partial charge in [-0.15, -0.1) is 10.2 Å². The van der Waals surface area contributed by atoms with Crippen LogP contribution in [0.1, 0.15) is 19.4 Å². The van der Waals surface area contributed by atoms with Gasteiger partial charge < -0.3 is 14.8 Å². The third-order valence-corrected chi connectivity index (χ3v) is 4.22. The molecule has 1 atom stereocenters. The van der Waals surface area contributed by atoms with Crippen molar-refractivity contribution in [1.82, 2.24) is 10.2 Å². The Morgan fingerprint density at radius 2 is 1.81 bits per heavy atom. The zero-order valence-electron chi connectivity index (χ0n) is 16.8. The first kappa shape index (κ1) is 22.1. The van der Waals surface area contributed by atoms with E-state index in [9.17, 15) is 18.0 Å². The number of amides is 1. The molecule has 6 nitrogen and oxygen atoms in total. The third-order valence-electron chi connectivity index (χ3n) is 4.22. The summed E-state index contributed by atoms with van der Waals surface area (Å²) >= 11 is 0. The highest BCUT2D eigenvalue weighted by atomic mass is 19.4. The van der Waals surface area contributed by atoms with Crippen molar-refractivity contribution in [3.05, 3.63) is 66.2 Å². The van der Waals surface area contributed by atoms with Crippen LogP contribution in [0.4, 0.5) is 18.9 Å². The largest absolute Gasteiger partial charge is 0.481 e. The standard InChI is InChI=1S/C22H20F3N3O3/c1-3-30-20-12-11-19(27-28-20)15-7-9-17(10-8-15)26-21(29)14(2)31-18-6-4-5-16(13-18)22(23,24)25/h4-14H,3H2,1-2H3,(H,26,29). The van der Waals surface area contributed by atoms with Gasteiger partial charge in [-0.2, -0.15) is 13.2 Å². The van der Waals surface area contributed by atoms with Gasteiger partial charge in [0.25, 0.3) is 5.91 Å². The zero-order chi connectivity index (χ0) is 22.4. The highest BCUT2D eigenvalue weighted by Crippen LogP contribution is 2.31. The number of hydrogen-bond donors (Lipinski definition) is 1. The smallest absolute Gasteiger partial charge is 0.416 e. The van der Waals surface area contributed by atoms with E-state index in [1.165, 1.54) is 19.1 Å². The van der Waals surface area contributed by atoms with E-state index >= 15 is 0 Å². The van der Waals surface area contributed by atoms with Gasteiger partial charge in [0.05, 0.1) is 17.9 Å². The lowest BCUT2D eigenvalue weighted by atomic mass is 10.1. The number of anilines is 1. The number of benzene rings is 2. The second-order valence-electron chi connectivity index (χ2n) is 6.54. The minimum Gasteiger partial charge on any atom is -0.481 e. The summed E-state index contributed by atoms with van der Waals surface area (Å²) in [5, 5.41) is 10.7. The van der Waals surface area contributed by atoms with Crippen LogP contribution in [0.3, 0.4) is 0 Å². The average Bonchev–Trinajstić information content (AvgIpc) is 2.75. The number of carbonyl (C=O) groups is 1. The molecule has 3 rings (SSSR count). The molecule has 1 N–H and O–H groups in total. The molecule has 1 amide bonds. The van der Waals surface area contributed by atoms with Crippen molar-refractivity contribution in [2.45, 2.75) is 26.1 Å². The third kappa shape index (κ3) is 5.94. The van der Waals surface area contributed by atoms with E-state index in [0.29, 0.717) is 23.9 Å². The number of ether oxygens (including phenoxy) is 2. The number of hydrogen-bond acceptors (Lipinski definition) is 5. The predicted octanol–water partition coefficient (Wildman–Crippen LogP) is 4.97. The van der Waals surface area contributed by atoms with Crippen LogP contribution in [0, 0.1) is 0 Å². The van der Waals surface area contributed by atoms with Crippen molar-refractivity contribution in [2.24, 2.45) is 0 Å². The second-order valence-corrected chi connectivity index (χ2v) is 6.54. The molecule has 0 bridgehead atoms. The Balaban J connectivity index is 1.61. The van der Waals surface area contributed by atoms with Crippen LogP contribution >= 0.6 is 0 Å². The molecule has 0 saturated carbocycles. The van der Waals surface area contributed by atoms with Gasteiger partial charge in [-0.05, 0) is 50.2 Å². The van der Waals surface area contributed by atoms with Crippen molar-refractivity contribution >= 4 is 11.6 Å². The molecule has 0 saturated heterocycles. The summed E-state index contributed by atoms with van der Waals surface area (Å²) in [5.74, 6) is -0.0993. The van der Waals surface area contributed by atoms with Gasteiger partial charge in [0.1, 0.15) is 5.75 Å². The molecule has 162 valence electrons. The molecular formula is C22H20F3N3O3. The fourth-order valence-electron chi connectivity index (χ4n) is 2.67. The summed E-state index contributed by atoms with van der Waals surface area (Å²) < 4.78 is 49.1. The van der Waals surface area contributed by atoms with Gasteiger partial charge in [0.2, 0.25) is 5.88 Å². The number of nitrogens with zero attached hydrogens (tertiary/aromatic N) is 2. The number of carbonyl (C=O) groups excluding carboxylic acids is 1. The predicted molar refractivity (Wildman–Crippen MR) is 109 cm³/mol. The van der Waals surface area contributed by atoms with Crippen molar-refractivity contribution < 1.29 is 27.4 Å². The molecule has 0 aliphatic rings. The minimum atomic E-state index is -4.49. The first-order chi connectivity index (χ1) is 14.8. The Hall–Kier alpha value is -3.62. The van der Waals surface area contributed by atoms with Crippen molar-refractivity contribution in [3.8, 4) is 22.9 Å². The number of nitrogens with one attached hydrogen (secondary N) is 1.